The van der Waals surface area contributed by atoms with E-state index >= 15 is 0 Å². The maximum absolute atomic E-state index is 12.2. The van der Waals surface area contributed by atoms with Crippen molar-refractivity contribution < 1.29 is 8.42 Å². The minimum absolute atomic E-state index is 0.205. The zero-order valence-corrected chi connectivity index (χ0v) is 15.4. The lowest BCUT2D eigenvalue weighted by atomic mass is 10.1. The molecule has 1 saturated heterocycles. The Morgan fingerprint density at radius 3 is 2.36 bits per heavy atom. The Kier molecular flexibility index (Phi) is 5.08. The number of hydrogen-bond donors (Lipinski definition) is 1. The van der Waals surface area contributed by atoms with Crippen LogP contribution in [0.3, 0.4) is 0 Å². The van der Waals surface area contributed by atoms with Crippen molar-refractivity contribution in [2.24, 2.45) is 5.10 Å². The van der Waals surface area contributed by atoms with Gasteiger partial charge in [0.25, 0.3) is 10.0 Å². The van der Waals surface area contributed by atoms with Crippen LogP contribution >= 0.6 is 0 Å². The molecular weight excluding hydrogens is 334 g/mol. The lowest BCUT2D eigenvalue weighted by Crippen LogP contribution is -2.18. The number of rotatable bonds is 5. The molecule has 6 heteroatoms. The molecule has 0 amide bonds. The average Bonchev–Trinajstić information content (AvgIpc) is 3.11. The van der Waals surface area contributed by atoms with Crippen LogP contribution in [-0.4, -0.2) is 27.7 Å². The summed E-state index contributed by atoms with van der Waals surface area (Å²) >= 11 is 0. The minimum Gasteiger partial charge on any atom is -0.372 e. The second-order valence-corrected chi connectivity index (χ2v) is 8.06. The van der Waals surface area contributed by atoms with Crippen LogP contribution in [0.2, 0.25) is 0 Å². The Morgan fingerprint density at radius 2 is 1.72 bits per heavy atom. The summed E-state index contributed by atoms with van der Waals surface area (Å²) in [6.45, 7) is 6.12. The van der Waals surface area contributed by atoms with Gasteiger partial charge in [0.1, 0.15) is 0 Å². The summed E-state index contributed by atoms with van der Waals surface area (Å²) < 4.78 is 24.4. The molecule has 1 aliphatic rings. The van der Waals surface area contributed by atoms with E-state index in [1.165, 1.54) is 18.5 Å². The van der Waals surface area contributed by atoms with Crippen molar-refractivity contribution in [1.82, 2.24) is 4.83 Å². The monoisotopic (exact) mass is 357 g/mol. The number of benzene rings is 2. The molecule has 2 aromatic rings. The van der Waals surface area contributed by atoms with Gasteiger partial charge in [-0.1, -0.05) is 23.8 Å². The van der Waals surface area contributed by atoms with Crippen molar-refractivity contribution in [1.29, 1.82) is 0 Å². The van der Waals surface area contributed by atoms with Crippen molar-refractivity contribution in [3.63, 3.8) is 0 Å². The second kappa shape index (κ2) is 7.27. The second-order valence-electron chi connectivity index (χ2n) is 6.40. The van der Waals surface area contributed by atoms with Gasteiger partial charge in [-0.05, 0) is 62.1 Å². The smallest absolute Gasteiger partial charge is 0.276 e. The molecule has 0 bridgehead atoms. The zero-order valence-electron chi connectivity index (χ0n) is 14.6. The molecule has 25 heavy (non-hydrogen) atoms. The quantitative estimate of drug-likeness (QED) is 0.660. The van der Waals surface area contributed by atoms with Gasteiger partial charge in [-0.25, -0.2) is 4.83 Å². The topological polar surface area (TPSA) is 61.8 Å². The van der Waals surface area contributed by atoms with E-state index in [0.717, 1.165) is 29.8 Å². The van der Waals surface area contributed by atoms with Crippen LogP contribution in [0.1, 0.15) is 29.5 Å². The molecule has 0 aromatic heterocycles. The Bertz CT molecular complexity index is 868. The van der Waals surface area contributed by atoms with Crippen molar-refractivity contribution in [2.75, 3.05) is 18.0 Å². The van der Waals surface area contributed by atoms with Gasteiger partial charge in [-0.15, -0.1) is 0 Å². The minimum atomic E-state index is -3.64. The van der Waals surface area contributed by atoms with E-state index in [4.69, 9.17) is 0 Å². The summed E-state index contributed by atoms with van der Waals surface area (Å²) in [5, 5.41) is 3.92. The maximum atomic E-state index is 12.2. The summed E-state index contributed by atoms with van der Waals surface area (Å²) in [4.78, 5) is 4.85. The van der Waals surface area contributed by atoms with Gasteiger partial charge in [0.2, 0.25) is 0 Å². The van der Waals surface area contributed by atoms with Crippen LogP contribution in [0.15, 0.2) is 52.5 Å². The molecule has 1 N–H and O–H groups in total. The predicted molar refractivity (Wildman–Crippen MR) is 102 cm³/mol. The number of hydrogen-bond acceptors (Lipinski definition) is 4. The number of sulfonamides is 1. The Labute approximate surface area is 149 Å². The summed E-state index contributed by atoms with van der Waals surface area (Å²) in [7, 11) is -3.64. The van der Waals surface area contributed by atoms with Gasteiger partial charge >= 0.3 is 0 Å². The Morgan fingerprint density at radius 1 is 1.04 bits per heavy atom. The van der Waals surface area contributed by atoms with Crippen molar-refractivity contribution >= 4 is 21.9 Å². The lowest BCUT2D eigenvalue weighted by molar-refractivity contribution is 0.584. The third-order valence-electron chi connectivity index (χ3n) is 4.43. The molecule has 1 fully saturated rings. The van der Waals surface area contributed by atoms with Gasteiger partial charge < -0.3 is 4.90 Å². The fourth-order valence-electron chi connectivity index (χ4n) is 2.91. The molecule has 1 heterocycles. The highest BCUT2D eigenvalue weighted by atomic mass is 32.2. The molecule has 2 aromatic carbocycles. The van der Waals surface area contributed by atoms with E-state index < -0.39 is 10.0 Å². The number of nitrogens with zero attached hydrogens (tertiary/aromatic N) is 2. The first-order chi connectivity index (χ1) is 12.0. The van der Waals surface area contributed by atoms with E-state index in [9.17, 15) is 8.42 Å². The van der Waals surface area contributed by atoms with Crippen molar-refractivity contribution in [2.45, 2.75) is 31.6 Å². The van der Waals surface area contributed by atoms with Crippen LogP contribution in [0.25, 0.3) is 0 Å². The van der Waals surface area contributed by atoms with Crippen LogP contribution < -0.4 is 9.73 Å². The molecule has 5 nitrogen and oxygen atoms in total. The molecule has 1 aliphatic heterocycles. The molecule has 0 atom stereocenters. The summed E-state index contributed by atoms with van der Waals surface area (Å²) in [6, 6.07) is 12.8. The van der Waals surface area contributed by atoms with E-state index in [1.807, 2.05) is 19.9 Å². The molecule has 0 radical (unpaired) electrons. The van der Waals surface area contributed by atoms with Gasteiger partial charge in [0.15, 0.2) is 0 Å². The molecule has 0 spiro atoms. The van der Waals surface area contributed by atoms with E-state index in [-0.39, 0.29) is 4.90 Å². The van der Waals surface area contributed by atoms with Gasteiger partial charge in [0.05, 0.1) is 11.1 Å². The van der Waals surface area contributed by atoms with Crippen molar-refractivity contribution in [3.05, 3.63) is 59.2 Å². The summed E-state index contributed by atoms with van der Waals surface area (Å²) in [6.07, 6.45) is 4.03. The lowest BCUT2D eigenvalue weighted by Gasteiger charge is -2.18. The average molecular weight is 357 g/mol. The Balaban J connectivity index is 1.70. The van der Waals surface area contributed by atoms with Gasteiger partial charge in [-0.2, -0.15) is 13.5 Å². The molecule has 3 rings (SSSR count). The highest BCUT2D eigenvalue weighted by Gasteiger charge is 2.13. The van der Waals surface area contributed by atoms with Gasteiger partial charge in [0, 0.05) is 18.8 Å². The number of hydrazone groups is 1. The maximum Gasteiger partial charge on any atom is 0.276 e. The van der Waals surface area contributed by atoms with Crippen LogP contribution in [0.4, 0.5) is 5.69 Å². The molecular formula is C19H23N3O2S. The highest BCUT2D eigenvalue weighted by Crippen LogP contribution is 2.22. The first-order valence-electron chi connectivity index (χ1n) is 8.43. The predicted octanol–water partition coefficient (Wildman–Crippen LogP) is 3.22. The van der Waals surface area contributed by atoms with E-state index in [0.29, 0.717) is 0 Å². The molecule has 0 aliphatic carbocycles. The third kappa shape index (κ3) is 4.20. The summed E-state index contributed by atoms with van der Waals surface area (Å²) in [5.74, 6) is 0. The fourth-order valence-corrected chi connectivity index (χ4v) is 3.70. The Hall–Kier alpha value is -2.34. The standard InChI is InChI=1S/C19H23N3O2S/c1-15-5-9-19(10-6-15)25(23,24)21-20-14-17-7-8-18(13-16(17)2)22-11-3-4-12-22/h5-10,13-14,21H,3-4,11-12H2,1-2H3. The van der Waals surface area contributed by atoms with Crippen LogP contribution in [-0.2, 0) is 10.0 Å². The third-order valence-corrected chi connectivity index (χ3v) is 5.67. The first-order valence-corrected chi connectivity index (χ1v) is 9.91. The number of nitrogens with one attached hydrogen (secondary N) is 1. The first kappa shape index (κ1) is 17.5. The molecule has 0 unspecified atom stereocenters. The summed E-state index contributed by atoms with van der Waals surface area (Å²) in [5.41, 5.74) is 4.20. The normalized spacial score (nSPS) is 15.0. The molecule has 132 valence electrons. The van der Waals surface area contributed by atoms with E-state index in [2.05, 4.69) is 27.0 Å². The number of aryl methyl sites for hydroxylation is 2. The van der Waals surface area contributed by atoms with Crippen LogP contribution in [0.5, 0.6) is 0 Å². The largest absolute Gasteiger partial charge is 0.372 e. The zero-order chi connectivity index (χ0) is 17.9. The molecule has 0 saturated carbocycles. The van der Waals surface area contributed by atoms with Crippen LogP contribution in [0, 0.1) is 13.8 Å². The van der Waals surface area contributed by atoms with E-state index in [1.54, 1.807) is 30.5 Å². The number of anilines is 1. The van der Waals surface area contributed by atoms with Gasteiger partial charge in [-0.3, -0.25) is 0 Å². The fraction of sp³-hybridized carbons (Fsp3) is 0.316. The highest BCUT2D eigenvalue weighted by molar-refractivity contribution is 7.89. The van der Waals surface area contributed by atoms with Crippen molar-refractivity contribution in [3.8, 4) is 0 Å². The SMILES string of the molecule is Cc1ccc(S(=O)(=O)NN=Cc2ccc(N3CCCC3)cc2C)cc1.